The van der Waals surface area contributed by atoms with Crippen molar-refractivity contribution in [3.63, 3.8) is 0 Å². The van der Waals surface area contributed by atoms with Crippen molar-refractivity contribution in [2.24, 2.45) is 5.92 Å². The number of hydrogen-bond donors (Lipinski definition) is 2. The Morgan fingerprint density at radius 1 is 1.21 bits per heavy atom. The van der Waals surface area contributed by atoms with E-state index < -0.39 is 0 Å². The summed E-state index contributed by atoms with van der Waals surface area (Å²) in [5.74, 6) is 0.704. The van der Waals surface area contributed by atoms with Crippen LogP contribution in [0.5, 0.6) is 0 Å². The zero-order valence-corrected chi connectivity index (χ0v) is 10.5. The predicted molar refractivity (Wildman–Crippen MR) is 64.4 cm³/mol. The topological polar surface area (TPSA) is 24.1 Å². The average molecular weight is 199 g/mol. The highest BCUT2D eigenvalue weighted by Gasteiger charge is 2.09. The molecule has 0 aliphatic rings. The normalized spacial score (nSPS) is 14.8. The zero-order valence-electron chi connectivity index (χ0n) is 10.5. The van der Waals surface area contributed by atoms with Gasteiger partial charge in [-0.2, -0.15) is 0 Å². The summed E-state index contributed by atoms with van der Waals surface area (Å²) < 4.78 is 0. The van der Waals surface area contributed by atoms with Crippen LogP contribution in [0.3, 0.4) is 0 Å². The van der Waals surface area contributed by atoms with Crippen LogP contribution in [0.15, 0.2) is 0 Å². The lowest BCUT2D eigenvalue weighted by Crippen LogP contribution is -2.39. The largest absolute Gasteiger partial charge is 0.314 e. The lowest BCUT2D eigenvalue weighted by Gasteiger charge is -2.22. The van der Waals surface area contributed by atoms with Crippen LogP contribution in [-0.4, -0.2) is 24.7 Å². The fraction of sp³-hybridized carbons (Fsp3) is 0.917. The quantitative estimate of drug-likeness (QED) is 0.685. The average Bonchev–Trinajstić information content (AvgIpc) is 1.98. The summed E-state index contributed by atoms with van der Waals surface area (Å²) in [5.41, 5.74) is 0.220. The summed E-state index contributed by atoms with van der Waals surface area (Å²) in [5, 5.41) is 6.88. The summed E-state index contributed by atoms with van der Waals surface area (Å²) in [6.45, 7) is 17.2. The maximum atomic E-state index is 4.08. The molecule has 0 aromatic heterocycles. The van der Waals surface area contributed by atoms with E-state index in [0.717, 1.165) is 19.5 Å². The van der Waals surface area contributed by atoms with Gasteiger partial charge in [-0.05, 0) is 53.1 Å². The molecular formula is C12H27N2. The standard InChI is InChI=1S/C12H27N2/c1-10(2)9-13-11(3)7-8-14-12(4,5)6/h10-11,13-14H,3,7-9H2,1-2,4-6H3. The molecule has 85 valence electrons. The van der Waals surface area contributed by atoms with E-state index in [4.69, 9.17) is 0 Å². The highest BCUT2D eigenvalue weighted by atomic mass is 15.0. The molecule has 0 saturated heterocycles. The molecule has 0 aliphatic heterocycles. The van der Waals surface area contributed by atoms with Gasteiger partial charge < -0.3 is 10.6 Å². The van der Waals surface area contributed by atoms with Crippen molar-refractivity contribution in [1.29, 1.82) is 0 Å². The smallest absolute Gasteiger partial charge is 0.00965 e. The molecule has 0 rings (SSSR count). The van der Waals surface area contributed by atoms with Crippen LogP contribution in [0.25, 0.3) is 0 Å². The van der Waals surface area contributed by atoms with Gasteiger partial charge in [0.25, 0.3) is 0 Å². The van der Waals surface area contributed by atoms with Crippen molar-refractivity contribution in [3.05, 3.63) is 6.92 Å². The summed E-state index contributed by atoms with van der Waals surface area (Å²) in [6, 6.07) is 0.368. The van der Waals surface area contributed by atoms with Crippen LogP contribution >= 0.6 is 0 Å². The first-order valence-electron chi connectivity index (χ1n) is 5.63. The molecule has 1 radical (unpaired) electrons. The highest BCUT2D eigenvalue weighted by molar-refractivity contribution is 4.75. The molecular weight excluding hydrogens is 172 g/mol. The number of nitrogens with one attached hydrogen (secondary N) is 2. The minimum absolute atomic E-state index is 0.220. The second-order valence-corrected chi connectivity index (χ2v) is 5.46. The molecule has 0 bridgehead atoms. The summed E-state index contributed by atoms with van der Waals surface area (Å²) in [7, 11) is 0. The van der Waals surface area contributed by atoms with Crippen molar-refractivity contribution in [1.82, 2.24) is 10.6 Å². The van der Waals surface area contributed by atoms with Gasteiger partial charge in [-0.25, -0.2) is 0 Å². The van der Waals surface area contributed by atoms with Crippen LogP contribution < -0.4 is 10.6 Å². The molecule has 0 spiro atoms. The lowest BCUT2D eigenvalue weighted by atomic mass is 10.1. The zero-order chi connectivity index (χ0) is 11.2. The Kier molecular flexibility index (Phi) is 6.38. The summed E-state index contributed by atoms with van der Waals surface area (Å²) in [6.07, 6.45) is 1.09. The first-order chi connectivity index (χ1) is 6.31. The van der Waals surface area contributed by atoms with Gasteiger partial charge in [0, 0.05) is 11.6 Å². The van der Waals surface area contributed by atoms with E-state index in [1.54, 1.807) is 0 Å². The molecule has 1 atom stereocenters. The second-order valence-electron chi connectivity index (χ2n) is 5.46. The minimum atomic E-state index is 0.220. The summed E-state index contributed by atoms with van der Waals surface area (Å²) >= 11 is 0. The van der Waals surface area contributed by atoms with Crippen molar-refractivity contribution in [2.75, 3.05) is 13.1 Å². The first kappa shape index (κ1) is 13.9. The van der Waals surface area contributed by atoms with Crippen LogP contribution in [-0.2, 0) is 0 Å². The Hall–Kier alpha value is -0.0800. The van der Waals surface area contributed by atoms with Gasteiger partial charge in [-0.1, -0.05) is 13.8 Å². The van der Waals surface area contributed by atoms with E-state index in [-0.39, 0.29) is 5.54 Å². The Labute approximate surface area is 89.9 Å². The third-order valence-electron chi connectivity index (χ3n) is 1.96. The predicted octanol–water partition coefficient (Wildman–Crippen LogP) is 2.21. The maximum absolute atomic E-state index is 4.08. The fourth-order valence-corrected chi connectivity index (χ4v) is 1.13. The molecule has 0 aromatic rings. The SMILES string of the molecule is [CH2]C(CCNC(C)(C)C)NCC(C)C. The van der Waals surface area contributed by atoms with Gasteiger partial charge in [0.1, 0.15) is 0 Å². The molecule has 14 heavy (non-hydrogen) atoms. The second kappa shape index (κ2) is 6.41. The van der Waals surface area contributed by atoms with Crippen LogP contribution in [0, 0.1) is 12.8 Å². The van der Waals surface area contributed by atoms with Gasteiger partial charge in [0.15, 0.2) is 0 Å². The Bertz CT molecular complexity index is 136. The van der Waals surface area contributed by atoms with E-state index in [2.05, 4.69) is 52.2 Å². The minimum Gasteiger partial charge on any atom is -0.314 e. The Balaban J connectivity index is 3.40. The van der Waals surface area contributed by atoms with E-state index in [1.165, 1.54) is 0 Å². The molecule has 2 N–H and O–H groups in total. The van der Waals surface area contributed by atoms with E-state index in [1.807, 2.05) is 0 Å². The van der Waals surface area contributed by atoms with Crippen LogP contribution in [0.1, 0.15) is 41.0 Å². The third-order valence-corrected chi connectivity index (χ3v) is 1.96. The van der Waals surface area contributed by atoms with Gasteiger partial charge >= 0.3 is 0 Å². The molecule has 0 aromatic carbocycles. The van der Waals surface area contributed by atoms with Crippen LogP contribution in [0.4, 0.5) is 0 Å². The molecule has 2 nitrogen and oxygen atoms in total. The van der Waals surface area contributed by atoms with Crippen molar-refractivity contribution >= 4 is 0 Å². The highest BCUT2D eigenvalue weighted by Crippen LogP contribution is 1.99. The van der Waals surface area contributed by atoms with Gasteiger partial charge in [-0.3, -0.25) is 0 Å². The Morgan fingerprint density at radius 2 is 1.79 bits per heavy atom. The molecule has 0 amide bonds. The molecule has 1 unspecified atom stereocenters. The maximum Gasteiger partial charge on any atom is 0.00965 e. The monoisotopic (exact) mass is 199 g/mol. The van der Waals surface area contributed by atoms with E-state index >= 15 is 0 Å². The molecule has 0 aliphatic carbocycles. The van der Waals surface area contributed by atoms with Crippen LogP contribution in [0.2, 0.25) is 0 Å². The summed E-state index contributed by atoms with van der Waals surface area (Å²) in [4.78, 5) is 0. The molecule has 2 heteroatoms. The van der Waals surface area contributed by atoms with E-state index in [0.29, 0.717) is 12.0 Å². The van der Waals surface area contributed by atoms with Crippen molar-refractivity contribution in [2.45, 2.75) is 52.6 Å². The molecule has 0 fully saturated rings. The van der Waals surface area contributed by atoms with Gasteiger partial charge in [0.2, 0.25) is 0 Å². The Morgan fingerprint density at radius 3 is 2.21 bits per heavy atom. The van der Waals surface area contributed by atoms with E-state index in [9.17, 15) is 0 Å². The van der Waals surface area contributed by atoms with Crippen molar-refractivity contribution < 1.29 is 0 Å². The number of rotatable bonds is 6. The lowest BCUT2D eigenvalue weighted by molar-refractivity contribution is 0.400. The third kappa shape index (κ3) is 10.0. The number of hydrogen-bond acceptors (Lipinski definition) is 2. The fourth-order valence-electron chi connectivity index (χ4n) is 1.13. The van der Waals surface area contributed by atoms with Crippen molar-refractivity contribution in [3.8, 4) is 0 Å². The molecule has 0 heterocycles. The molecule has 0 saturated carbocycles. The van der Waals surface area contributed by atoms with Gasteiger partial charge in [-0.15, -0.1) is 0 Å². The van der Waals surface area contributed by atoms with Gasteiger partial charge in [0.05, 0.1) is 0 Å². The first-order valence-corrected chi connectivity index (χ1v) is 5.63.